The Morgan fingerprint density at radius 2 is 1.94 bits per heavy atom. The first-order valence-electron chi connectivity index (χ1n) is 5.37. The number of nitro groups is 1. The number of aliphatic imine (C=N–C) groups is 1. The van der Waals surface area contributed by atoms with Crippen molar-refractivity contribution < 1.29 is 4.92 Å². The minimum absolute atomic E-state index is 0.0702. The van der Waals surface area contributed by atoms with E-state index in [1.165, 1.54) is 12.1 Å². The number of benzene rings is 1. The molecule has 0 unspecified atom stereocenters. The lowest BCUT2D eigenvalue weighted by atomic mass is 10.2. The first kappa shape index (κ1) is 11.9. The van der Waals surface area contributed by atoms with Gasteiger partial charge >= 0.3 is 0 Å². The molecule has 0 saturated heterocycles. The average molecular weight is 241 g/mol. The van der Waals surface area contributed by atoms with Gasteiger partial charge in [0.2, 0.25) is 0 Å². The maximum absolute atomic E-state index is 10.5. The smallest absolute Gasteiger partial charge is 0.258 e. The lowest BCUT2D eigenvalue weighted by Crippen LogP contribution is -1.88. The van der Waals surface area contributed by atoms with Gasteiger partial charge in [-0.1, -0.05) is 6.07 Å². The van der Waals surface area contributed by atoms with E-state index in [9.17, 15) is 10.1 Å². The number of hydrogen-bond donors (Lipinski definition) is 0. The Morgan fingerprint density at radius 1 is 1.22 bits per heavy atom. The van der Waals surface area contributed by atoms with E-state index < -0.39 is 4.92 Å². The molecule has 5 nitrogen and oxygen atoms in total. The predicted octanol–water partition coefficient (Wildman–Crippen LogP) is 3.05. The van der Waals surface area contributed by atoms with Crippen LogP contribution in [0, 0.1) is 17.0 Å². The fraction of sp³-hybridized carbons (Fsp3) is 0.0769. The molecule has 0 aliphatic carbocycles. The summed E-state index contributed by atoms with van der Waals surface area (Å²) < 4.78 is 0. The Kier molecular flexibility index (Phi) is 3.43. The van der Waals surface area contributed by atoms with E-state index in [1.54, 1.807) is 24.4 Å². The molecule has 0 fully saturated rings. The van der Waals surface area contributed by atoms with Gasteiger partial charge in [-0.2, -0.15) is 0 Å². The largest absolute Gasteiger partial charge is 0.269 e. The topological polar surface area (TPSA) is 68.4 Å². The maximum atomic E-state index is 10.5. The summed E-state index contributed by atoms with van der Waals surface area (Å²) in [6.45, 7) is 1.89. The molecule has 90 valence electrons. The minimum Gasteiger partial charge on any atom is -0.258 e. The summed E-state index contributed by atoms with van der Waals surface area (Å²) >= 11 is 0. The van der Waals surface area contributed by atoms with Crippen LogP contribution in [0.5, 0.6) is 0 Å². The first-order valence-corrected chi connectivity index (χ1v) is 5.37. The second-order valence-electron chi connectivity index (χ2n) is 3.74. The van der Waals surface area contributed by atoms with Crippen LogP contribution >= 0.6 is 0 Å². The normalized spacial score (nSPS) is 10.7. The molecule has 1 heterocycles. The molecular weight excluding hydrogens is 230 g/mol. The van der Waals surface area contributed by atoms with Gasteiger partial charge in [0.1, 0.15) is 0 Å². The summed E-state index contributed by atoms with van der Waals surface area (Å²) in [5.41, 5.74) is 1.76. The molecule has 1 aromatic carbocycles. The summed E-state index contributed by atoms with van der Waals surface area (Å²) in [5.74, 6) is 0.619. The number of rotatable bonds is 3. The molecule has 2 aromatic rings. The number of aromatic nitrogens is 1. The van der Waals surface area contributed by atoms with Crippen LogP contribution in [0.25, 0.3) is 0 Å². The second kappa shape index (κ2) is 5.18. The van der Waals surface area contributed by atoms with E-state index in [1.807, 2.05) is 19.1 Å². The highest BCUT2D eigenvalue weighted by atomic mass is 16.6. The van der Waals surface area contributed by atoms with E-state index >= 15 is 0 Å². The van der Waals surface area contributed by atoms with Crippen molar-refractivity contribution >= 4 is 17.7 Å². The highest BCUT2D eigenvalue weighted by molar-refractivity contribution is 5.81. The van der Waals surface area contributed by atoms with Crippen LogP contribution in [-0.2, 0) is 0 Å². The third kappa shape index (κ3) is 2.98. The van der Waals surface area contributed by atoms with Gasteiger partial charge in [-0.05, 0) is 36.8 Å². The van der Waals surface area contributed by atoms with Gasteiger partial charge in [0.15, 0.2) is 5.82 Å². The quantitative estimate of drug-likeness (QED) is 0.471. The number of pyridine rings is 1. The van der Waals surface area contributed by atoms with Gasteiger partial charge in [-0.15, -0.1) is 0 Å². The lowest BCUT2D eigenvalue weighted by Gasteiger charge is -1.95. The molecule has 5 heteroatoms. The molecule has 0 amide bonds. The van der Waals surface area contributed by atoms with Crippen LogP contribution in [0.3, 0.4) is 0 Å². The Labute approximate surface area is 104 Å². The minimum atomic E-state index is -0.428. The zero-order chi connectivity index (χ0) is 13.0. The van der Waals surface area contributed by atoms with Crippen LogP contribution in [-0.4, -0.2) is 16.1 Å². The molecule has 0 radical (unpaired) electrons. The first-order chi connectivity index (χ1) is 8.65. The van der Waals surface area contributed by atoms with Gasteiger partial charge in [-0.3, -0.25) is 10.1 Å². The maximum Gasteiger partial charge on any atom is 0.269 e. The fourth-order valence-electron chi connectivity index (χ4n) is 1.42. The molecule has 18 heavy (non-hydrogen) atoms. The molecule has 2 rings (SSSR count). The molecule has 0 atom stereocenters. The van der Waals surface area contributed by atoms with Gasteiger partial charge < -0.3 is 0 Å². The number of nitro benzene ring substituents is 1. The number of aryl methyl sites for hydroxylation is 1. The summed E-state index contributed by atoms with van der Waals surface area (Å²) in [4.78, 5) is 18.5. The predicted molar refractivity (Wildman–Crippen MR) is 69.3 cm³/mol. The van der Waals surface area contributed by atoms with Crippen molar-refractivity contribution in [3.63, 3.8) is 0 Å². The van der Waals surface area contributed by atoms with E-state index in [0.29, 0.717) is 5.82 Å². The monoisotopic (exact) mass is 241 g/mol. The standard InChI is InChI=1S/C13H11N3O2/c1-10-3-2-4-13(15-10)14-9-11-5-7-12(8-6-11)16(17)18/h2-9H,1H3/b14-9+. The van der Waals surface area contributed by atoms with Crippen molar-refractivity contribution in [2.45, 2.75) is 6.92 Å². The summed E-state index contributed by atoms with van der Waals surface area (Å²) in [5, 5.41) is 10.5. The van der Waals surface area contributed by atoms with Crippen molar-refractivity contribution in [2.24, 2.45) is 4.99 Å². The summed E-state index contributed by atoms with van der Waals surface area (Å²) in [6, 6.07) is 11.8. The molecule has 1 aromatic heterocycles. The van der Waals surface area contributed by atoms with E-state index in [4.69, 9.17) is 0 Å². The van der Waals surface area contributed by atoms with Crippen molar-refractivity contribution in [3.8, 4) is 0 Å². The van der Waals surface area contributed by atoms with E-state index in [2.05, 4.69) is 9.98 Å². The lowest BCUT2D eigenvalue weighted by molar-refractivity contribution is -0.384. The van der Waals surface area contributed by atoms with Crippen LogP contribution in [0.1, 0.15) is 11.3 Å². The average Bonchev–Trinajstić information content (AvgIpc) is 2.37. The molecule has 0 bridgehead atoms. The molecule has 0 aliphatic rings. The third-order valence-corrected chi connectivity index (χ3v) is 2.32. The van der Waals surface area contributed by atoms with Crippen LogP contribution < -0.4 is 0 Å². The Hall–Kier alpha value is -2.56. The van der Waals surface area contributed by atoms with Crippen molar-refractivity contribution in [3.05, 3.63) is 63.8 Å². The van der Waals surface area contributed by atoms with Crippen LogP contribution in [0.4, 0.5) is 11.5 Å². The van der Waals surface area contributed by atoms with Crippen molar-refractivity contribution in [1.29, 1.82) is 0 Å². The third-order valence-electron chi connectivity index (χ3n) is 2.32. The molecule has 0 spiro atoms. The number of nitrogens with zero attached hydrogens (tertiary/aromatic N) is 3. The van der Waals surface area contributed by atoms with Gasteiger partial charge in [0.25, 0.3) is 5.69 Å². The fourth-order valence-corrected chi connectivity index (χ4v) is 1.42. The van der Waals surface area contributed by atoms with Crippen molar-refractivity contribution in [1.82, 2.24) is 4.98 Å². The molecule has 0 aliphatic heterocycles. The number of hydrogen-bond acceptors (Lipinski definition) is 4. The van der Waals surface area contributed by atoms with Crippen LogP contribution in [0.2, 0.25) is 0 Å². The van der Waals surface area contributed by atoms with Crippen molar-refractivity contribution in [2.75, 3.05) is 0 Å². The highest BCUT2D eigenvalue weighted by Gasteiger charge is 2.02. The molecule has 0 saturated carbocycles. The second-order valence-corrected chi connectivity index (χ2v) is 3.74. The SMILES string of the molecule is Cc1cccc(/N=C/c2ccc([N+](=O)[O-])cc2)n1. The molecular formula is C13H11N3O2. The number of non-ortho nitro benzene ring substituents is 1. The summed E-state index contributed by atoms with van der Waals surface area (Å²) in [7, 11) is 0. The van der Waals surface area contributed by atoms with Crippen LogP contribution in [0.15, 0.2) is 47.5 Å². The molecule has 0 N–H and O–H groups in total. The Balaban J connectivity index is 2.16. The van der Waals surface area contributed by atoms with Gasteiger partial charge in [0, 0.05) is 24.0 Å². The van der Waals surface area contributed by atoms with E-state index in [0.717, 1.165) is 11.3 Å². The van der Waals surface area contributed by atoms with E-state index in [-0.39, 0.29) is 5.69 Å². The Bertz CT molecular complexity index is 591. The zero-order valence-electron chi connectivity index (χ0n) is 9.78. The zero-order valence-corrected chi connectivity index (χ0v) is 9.78. The summed E-state index contributed by atoms with van der Waals surface area (Å²) in [6.07, 6.45) is 1.63. The van der Waals surface area contributed by atoms with Gasteiger partial charge in [0.05, 0.1) is 4.92 Å². The Morgan fingerprint density at radius 3 is 2.56 bits per heavy atom. The highest BCUT2D eigenvalue weighted by Crippen LogP contribution is 2.12. The van der Waals surface area contributed by atoms with Gasteiger partial charge in [-0.25, -0.2) is 9.98 Å².